The Morgan fingerprint density at radius 2 is 1.80 bits per heavy atom. The summed E-state index contributed by atoms with van der Waals surface area (Å²) in [5.74, 6) is 0.893. The van der Waals surface area contributed by atoms with Gasteiger partial charge >= 0.3 is 0 Å². The molecule has 4 rings (SSSR count). The summed E-state index contributed by atoms with van der Waals surface area (Å²) in [6.07, 6.45) is 4.92. The van der Waals surface area contributed by atoms with Gasteiger partial charge in [-0.3, -0.25) is 4.79 Å². The monoisotopic (exact) mass is 329 g/mol. The van der Waals surface area contributed by atoms with Gasteiger partial charge in [0.2, 0.25) is 5.91 Å². The number of carbonyl (C=O) groups excluding carboxylic acids is 1. The number of carbonyl (C=O) groups is 1. The van der Waals surface area contributed by atoms with Crippen LogP contribution < -0.4 is 0 Å². The van der Waals surface area contributed by atoms with E-state index in [1.807, 2.05) is 29.2 Å². The SMILES string of the molecule is O=C(/C=C/c1ccco1)N1Cc2ccccc2C(c2ccccc2)C1. The third-order valence-electron chi connectivity index (χ3n) is 4.64. The van der Waals surface area contributed by atoms with Crippen LogP contribution in [0, 0.1) is 0 Å². The molecule has 3 aromatic rings. The Balaban J connectivity index is 1.62. The van der Waals surface area contributed by atoms with E-state index in [-0.39, 0.29) is 11.8 Å². The summed E-state index contributed by atoms with van der Waals surface area (Å²) in [6, 6.07) is 22.4. The number of hydrogen-bond acceptors (Lipinski definition) is 2. The summed E-state index contributed by atoms with van der Waals surface area (Å²) in [5, 5.41) is 0. The van der Waals surface area contributed by atoms with Crippen LogP contribution in [0.15, 0.2) is 83.5 Å². The molecule has 0 fully saturated rings. The molecule has 2 aromatic carbocycles. The lowest BCUT2D eigenvalue weighted by atomic mass is 9.84. The maximum Gasteiger partial charge on any atom is 0.247 e. The molecule has 1 atom stereocenters. The second-order valence-corrected chi connectivity index (χ2v) is 6.23. The minimum Gasteiger partial charge on any atom is -0.465 e. The van der Waals surface area contributed by atoms with Crippen molar-refractivity contribution in [1.82, 2.24) is 4.90 Å². The molecule has 124 valence electrons. The third-order valence-corrected chi connectivity index (χ3v) is 4.64. The van der Waals surface area contributed by atoms with Crippen molar-refractivity contribution in [1.29, 1.82) is 0 Å². The lowest BCUT2D eigenvalue weighted by Gasteiger charge is -2.34. The van der Waals surface area contributed by atoms with Crippen molar-refractivity contribution < 1.29 is 9.21 Å². The largest absolute Gasteiger partial charge is 0.465 e. The van der Waals surface area contributed by atoms with Gasteiger partial charge in [-0.2, -0.15) is 0 Å². The highest BCUT2D eigenvalue weighted by atomic mass is 16.3. The molecule has 0 aliphatic carbocycles. The second-order valence-electron chi connectivity index (χ2n) is 6.23. The smallest absolute Gasteiger partial charge is 0.247 e. The number of rotatable bonds is 3. The highest BCUT2D eigenvalue weighted by Gasteiger charge is 2.28. The molecular weight excluding hydrogens is 310 g/mol. The topological polar surface area (TPSA) is 33.5 Å². The van der Waals surface area contributed by atoms with Gasteiger partial charge in [0.25, 0.3) is 0 Å². The lowest BCUT2D eigenvalue weighted by Crippen LogP contribution is -2.37. The van der Waals surface area contributed by atoms with Gasteiger partial charge in [0.15, 0.2) is 0 Å². The Hall–Kier alpha value is -3.07. The first-order chi connectivity index (χ1) is 12.3. The molecular formula is C22H19NO2. The zero-order chi connectivity index (χ0) is 17.1. The van der Waals surface area contributed by atoms with Crippen LogP contribution in [0.5, 0.6) is 0 Å². The molecule has 0 bridgehead atoms. The van der Waals surface area contributed by atoms with Crippen LogP contribution in [-0.4, -0.2) is 17.4 Å². The Labute approximate surface area is 147 Å². The van der Waals surface area contributed by atoms with Gasteiger partial charge in [-0.15, -0.1) is 0 Å². The van der Waals surface area contributed by atoms with E-state index >= 15 is 0 Å². The Morgan fingerprint density at radius 3 is 2.60 bits per heavy atom. The Morgan fingerprint density at radius 1 is 1.00 bits per heavy atom. The van der Waals surface area contributed by atoms with Gasteiger partial charge in [-0.25, -0.2) is 0 Å². The van der Waals surface area contributed by atoms with E-state index in [9.17, 15) is 4.79 Å². The normalized spacial score (nSPS) is 16.8. The maximum absolute atomic E-state index is 12.7. The van der Waals surface area contributed by atoms with E-state index in [1.54, 1.807) is 18.4 Å². The highest BCUT2D eigenvalue weighted by molar-refractivity contribution is 5.91. The number of amides is 1. The van der Waals surface area contributed by atoms with Crippen LogP contribution >= 0.6 is 0 Å². The van der Waals surface area contributed by atoms with Crippen molar-refractivity contribution in [3.05, 3.63) is 102 Å². The Bertz CT molecular complexity index is 881. The fraction of sp³-hybridized carbons (Fsp3) is 0.136. The van der Waals surface area contributed by atoms with E-state index in [0.29, 0.717) is 18.8 Å². The molecule has 2 heterocycles. The van der Waals surface area contributed by atoms with Crippen LogP contribution in [0.3, 0.4) is 0 Å². The predicted octanol–water partition coefficient (Wildman–Crippen LogP) is 4.47. The van der Waals surface area contributed by atoms with Crippen LogP contribution in [-0.2, 0) is 11.3 Å². The van der Waals surface area contributed by atoms with Crippen LogP contribution in [0.1, 0.15) is 28.4 Å². The van der Waals surface area contributed by atoms with E-state index in [2.05, 4.69) is 42.5 Å². The number of benzene rings is 2. The molecule has 1 unspecified atom stereocenters. The molecule has 25 heavy (non-hydrogen) atoms. The van der Waals surface area contributed by atoms with E-state index in [1.165, 1.54) is 16.7 Å². The number of nitrogens with zero attached hydrogens (tertiary/aromatic N) is 1. The Kier molecular flexibility index (Phi) is 4.21. The molecule has 0 N–H and O–H groups in total. The fourth-order valence-corrected chi connectivity index (χ4v) is 3.39. The molecule has 0 spiro atoms. The van der Waals surface area contributed by atoms with Gasteiger partial charge in [-0.1, -0.05) is 54.6 Å². The average Bonchev–Trinajstić information content (AvgIpc) is 3.19. The quantitative estimate of drug-likeness (QED) is 0.664. The van der Waals surface area contributed by atoms with Crippen LogP contribution in [0.4, 0.5) is 0 Å². The zero-order valence-electron chi connectivity index (χ0n) is 13.8. The molecule has 3 heteroatoms. The van der Waals surface area contributed by atoms with Crippen molar-refractivity contribution in [3.8, 4) is 0 Å². The number of fused-ring (bicyclic) bond motifs is 1. The fourth-order valence-electron chi connectivity index (χ4n) is 3.39. The molecule has 3 nitrogen and oxygen atoms in total. The summed E-state index contributed by atoms with van der Waals surface area (Å²) in [7, 11) is 0. The minimum absolute atomic E-state index is 0.00633. The first-order valence-electron chi connectivity index (χ1n) is 8.44. The van der Waals surface area contributed by atoms with Crippen molar-refractivity contribution >= 4 is 12.0 Å². The molecule has 1 aliphatic heterocycles. The molecule has 0 radical (unpaired) electrons. The molecule has 0 saturated carbocycles. The van der Waals surface area contributed by atoms with Crippen molar-refractivity contribution in [2.75, 3.05) is 6.54 Å². The van der Waals surface area contributed by atoms with Crippen molar-refractivity contribution in [2.24, 2.45) is 0 Å². The van der Waals surface area contributed by atoms with Gasteiger partial charge in [0.1, 0.15) is 5.76 Å². The summed E-state index contributed by atoms with van der Waals surface area (Å²) in [6.45, 7) is 1.32. The zero-order valence-corrected chi connectivity index (χ0v) is 13.8. The molecule has 1 aromatic heterocycles. The van der Waals surface area contributed by atoms with Gasteiger partial charge < -0.3 is 9.32 Å². The summed E-state index contributed by atoms with van der Waals surface area (Å²) in [4.78, 5) is 14.6. The van der Waals surface area contributed by atoms with Crippen LogP contribution in [0.25, 0.3) is 6.08 Å². The predicted molar refractivity (Wildman–Crippen MR) is 97.9 cm³/mol. The standard InChI is InChI=1S/C22H19NO2/c24-22(13-12-19-10-6-14-25-19)23-15-18-9-4-5-11-20(18)21(16-23)17-7-2-1-3-8-17/h1-14,21H,15-16H2/b13-12+. The summed E-state index contributed by atoms with van der Waals surface area (Å²) >= 11 is 0. The summed E-state index contributed by atoms with van der Waals surface area (Å²) in [5.41, 5.74) is 3.76. The maximum atomic E-state index is 12.7. The van der Waals surface area contributed by atoms with Gasteiger partial charge in [0.05, 0.1) is 6.26 Å². The lowest BCUT2D eigenvalue weighted by molar-refractivity contribution is -0.127. The highest BCUT2D eigenvalue weighted by Crippen LogP contribution is 2.33. The third kappa shape index (κ3) is 3.26. The first kappa shape index (κ1) is 15.5. The number of hydrogen-bond donors (Lipinski definition) is 0. The van der Waals surface area contributed by atoms with E-state index in [4.69, 9.17) is 4.42 Å². The summed E-state index contributed by atoms with van der Waals surface area (Å²) < 4.78 is 5.26. The van der Waals surface area contributed by atoms with Crippen LogP contribution in [0.2, 0.25) is 0 Å². The minimum atomic E-state index is 0.00633. The second kappa shape index (κ2) is 6.81. The van der Waals surface area contributed by atoms with Crippen molar-refractivity contribution in [2.45, 2.75) is 12.5 Å². The van der Waals surface area contributed by atoms with E-state index in [0.717, 1.165) is 0 Å². The molecule has 0 saturated heterocycles. The molecule has 1 amide bonds. The van der Waals surface area contributed by atoms with Gasteiger partial charge in [-0.05, 0) is 34.9 Å². The first-order valence-corrected chi connectivity index (χ1v) is 8.44. The molecule has 1 aliphatic rings. The van der Waals surface area contributed by atoms with Gasteiger partial charge in [0, 0.05) is 25.1 Å². The number of furan rings is 1. The van der Waals surface area contributed by atoms with E-state index < -0.39 is 0 Å². The van der Waals surface area contributed by atoms with Crippen molar-refractivity contribution in [3.63, 3.8) is 0 Å². The average molecular weight is 329 g/mol.